The van der Waals surface area contributed by atoms with Crippen LogP contribution in [0.2, 0.25) is 0 Å². The number of hydrogen-bond donors (Lipinski definition) is 0. The molecule has 70 valence electrons. The maximum absolute atomic E-state index is 0. The van der Waals surface area contributed by atoms with Crippen LogP contribution >= 0.6 is 0 Å². The minimum absolute atomic E-state index is 0. The van der Waals surface area contributed by atoms with E-state index in [4.69, 9.17) is 0 Å². The third-order valence-corrected chi connectivity index (χ3v) is 0. The third-order valence-electron chi connectivity index (χ3n) is 0. The molecule has 0 aromatic carbocycles. The Morgan fingerprint density at radius 2 is 0.364 bits per heavy atom. The molecule has 0 fully saturated rings. The molecule has 0 nitrogen and oxygen atoms in total. The van der Waals surface area contributed by atoms with Crippen molar-refractivity contribution in [1.82, 2.24) is 0 Å². The molecule has 0 aromatic heterocycles. The molecule has 0 N–H and O–H groups in total. The van der Waals surface area contributed by atoms with Crippen molar-refractivity contribution in [3.63, 3.8) is 0 Å². The molecule has 0 saturated heterocycles. The average Bonchev–Trinajstić information content (AvgIpc) is 0. The van der Waals surface area contributed by atoms with E-state index in [-0.39, 0.29) is 94.9 Å². The summed E-state index contributed by atoms with van der Waals surface area (Å²) in [5.41, 5.74) is 0. The van der Waals surface area contributed by atoms with E-state index in [2.05, 4.69) is 0 Å². The zero-order chi connectivity index (χ0) is 0. The van der Waals surface area contributed by atoms with E-state index < -0.39 is 0 Å². The largest absolute Gasteiger partial charge is 3.00 e. The normalized spacial score (nSPS) is 0. The molecule has 11 heteroatoms. The molecule has 0 amide bonds. The third kappa shape index (κ3) is 610. The SMILES string of the molecule is [Al+3].[F-].[F-].[F-].[F-].[F-].[F-].[F-].[F-].[Li+].[W]. The summed E-state index contributed by atoms with van der Waals surface area (Å²) in [6.07, 6.45) is 0. The molecule has 11 heavy (non-hydrogen) atoms. The predicted octanol–water partition coefficient (Wildman–Crippen LogP) is -27.3. The van der Waals surface area contributed by atoms with Gasteiger partial charge in [0, 0.05) is 21.1 Å². The van der Waals surface area contributed by atoms with Crippen molar-refractivity contribution in [2.24, 2.45) is 0 Å². The second kappa shape index (κ2) is 748. The summed E-state index contributed by atoms with van der Waals surface area (Å²) in [5.74, 6) is 0. The summed E-state index contributed by atoms with van der Waals surface area (Å²) < 4.78 is 0. The van der Waals surface area contributed by atoms with Crippen molar-refractivity contribution in [3.05, 3.63) is 0 Å². The molecule has 0 spiro atoms. The van der Waals surface area contributed by atoms with Crippen LogP contribution in [0.4, 0.5) is 0 Å². The molecule has 0 rings (SSSR count). The first kappa shape index (κ1) is 981. The summed E-state index contributed by atoms with van der Waals surface area (Å²) in [6.45, 7) is 0. The molecule has 0 atom stereocenters. The summed E-state index contributed by atoms with van der Waals surface area (Å²) in [7, 11) is 0. The van der Waals surface area contributed by atoms with Gasteiger partial charge in [-0.05, 0) is 0 Å². The fourth-order valence-corrected chi connectivity index (χ4v) is 0. The van der Waals surface area contributed by atoms with Crippen LogP contribution in [0, 0.1) is 0 Å². The van der Waals surface area contributed by atoms with E-state index in [1.54, 1.807) is 0 Å². The van der Waals surface area contributed by atoms with Crippen LogP contribution in [0.15, 0.2) is 0 Å². The Kier molecular flexibility index (Phi) is 66800. The molecular formula is AlF8LiW-4. The van der Waals surface area contributed by atoms with Gasteiger partial charge in [0.05, 0.1) is 0 Å². The van der Waals surface area contributed by atoms with Crippen molar-refractivity contribution in [1.29, 1.82) is 0 Å². The average molecular weight is 370 g/mol. The van der Waals surface area contributed by atoms with Gasteiger partial charge in [0.1, 0.15) is 0 Å². The van der Waals surface area contributed by atoms with E-state index in [0.29, 0.717) is 0 Å². The Hall–Kier alpha value is 1.26. The van der Waals surface area contributed by atoms with E-state index in [1.807, 2.05) is 0 Å². The van der Waals surface area contributed by atoms with Crippen LogP contribution in [-0.4, -0.2) is 17.4 Å². The molecule has 0 aromatic rings. The van der Waals surface area contributed by atoms with Gasteiger partial charge in [-0.3, -0.25) is 0 Å². The molecule has 0 radical (unpaired) electrons. The van der Waals surface area contributed by atoms with E-state index >= 15 is 0 Å². The zero-order valence-electron chi connectivity index (χ0n) is 5.01. The topological polar surface area (TPSA) is 0 Å². The molecule has 0 aliphatic rings. The fourth-order valence-electron chi connectivity index (χ4n) is 0. The quantitative estimate of drug-likeness (QED) is 0.294. The van der Waals surface area contributed by atoms with Crippen LogP contribution in [0.3, 0.4) is 0 Å². The Labute approximate surface area is 94.8 Å². The number of halogens is 8. The summed E-state index contributed by atoms with van der Waals surface area (Å²) in [6, 6.07) is 0. The molecule has 0 aliphatic carbocycles. The Bertz CT molecular complexity index is 14.1. The maximum atomic E-state index is 0. The molecular weight excluding hydrogens is 370 g/mol. The second-order valence-corrected chi connectivity index (χ2v) is 0. The van der Waals surface area contributed by atoms with Gasteiger partial charge >= 0.3 is 36.2 Å². The van der Waals surface area contributed by atoms with Gasteiger partial charge in [-0.15, -0.1) is 0 Å². The van der Waals surface area contributed by atoms with Gasteiger partial charge < -0.3 is 37.6 Å². The van der Waals surface area contributed by atoms with Crippen LogP contribution in [-0.2, 0) is 21.1 Å². The van der Waals surface area contributed by atoms with Crippen molar-refractivity contribution in [2.45, 2.75) is 0 Å². The minimum atomic E-state index is 0. The van der Waals surface area contributed by atoms with E-state index in [9.17, 15) is 0 Å². The van der Waals surface area contributed by atoms with Gasteiger partial charge in [-0.2, -0.15) is 0 Å². The van der Waals surface area contributed by atoms with Gasteiger partial charge in [0.15, 0.2) is 0 Å². The molecule has 0 heterocycles. The van der Waals surface area contributed by atoms with Crippen molar-refractivity contribution in [3.8, 4) is 0 Å². The van der Waals surface area contributed by atoms with Gasteiger partial charge in [0.25, 0.3) is 0 Å². The smallest absolute Gasteiger partial charge is 1.00 e. The molecule has 0 aliphatic heterocycles. The monoisotopic (exact) mass is 370 g/mol. The van der Waals surface area contributed by atoms with E-state index in [0.717, 1.165) is 0 Å². The van der Waals surface area contributed by atoms with Crippen molar-refractivity contribution < 1.29 is 77.6 Å². The summed E-state index contributed by atoms with van der Waals surface area (Å²) >= 11 is 0. The van der Waals surface area contributed by atoms with Crippen LogP contribution in [0.1, 0.15) is 0 Å². The van der Waals surface area contributed by atoms with Crippen LogP contribution in [0.25, 0.3) is 0 Å². The van der Waals surface area contributed by atoms with Gasteiger partial charge in [0.2, 0.25) is 0 Å². The first-order valence-corrected chi connectivity index (χ1v) is 0. The Balaban J connectivity index is 0. The van der Waals surface area contributed by atoms with Crippen molar-refractivity contribution >= 4 is 17.4 Å². The number of hydrogen-bond acceptors (Lipinski definition) is 0. The summed E-state index contributed by atoms with van der Waals surface area (Å²) in [5, 5.41) is 0. The maximum Gasteiger partial charge on any atom is 3.00 e. The second-order valence-electron chi connectivity index (χ2n) is 0. The predicted molar refractivity (Wildman–Crippen MR) is 5.75 cm³/mol. The zero-order valence-corrected chi connectivity index (χ0v) is 9.10. The van der Waals surface area contributed by atoms with Crippen LogP contribution in [0.5, 0.6) is 0 Å². The first-order valence-electron chi connectivity index (χ1n) is 0. The summed E-state index contributed by atoms with van der Waals surface area (Å²) in [4.78, 5) is 0. The Morgan fingerprint density at radius 3 is 0.364 bits per heavy atom. The fraction of sp³-hybridized carbons (Fsp3) is 0. The standard InChI is InChI=1S/Al.8FH.Li.W/h;8*1H;;/q+3;;;;;;;;;+1;/p-8. The first-order chi connectivity index (χ1) is 0. The molecule has 0 bridgehead atoms. The molecule has 0 saturated carbocycles. The molecule has 0 unspecified atom stereocenters. The minimum Gasteiger partial charge on any atom is -1.00 e. The van der Waals surface area contributed by atoms with Crippen molar-refractivity contribution in [2.75, 3.05) is 0 Å². The van der Waals surface area contributed by atoms with Gasteiger partial charge in [-0.1, -0.05) is 0 Å². The van der Waals surface area contributed by atoms with Gasteiger partial charge in [-0.25, -0.2) is 0 Å². The Morgan fingerprint density at radius 1 is 0.364 bits per heavy atom. The van der Waals surface area contributed by atoms with E-state index in [1.165, 1.54) is 0 Å². The van der Waals surface area contributed by atoms with Crippen LogP contribution < -0.4 is 56.5 Å². The number of rotatable bonds is 0.